The molecule has 0 amide bonds. The quantitative estimate of drug-likeness (QED) is 0.420. The van der Waals surface area contributed by atoms with E-state index in [0.717, 1.165) is 0 Å². The van der Waals surface area contributed by atoms with Crippen molar-refractivity contribution in [1.82, 2.24) is 0 Å². The fraction of sp³-hybridized carbons (Fsp3) is 0. The van der Waals surface area contributed by atoms with E-state index >= 15 is 0 Å². The maximum absolute atomic E-state index is 8.89. The van der Waals surface area contributed by atoms with Gasteiger partial charge in [0, 0.05) is 0 Å². The molecule has 0 spiro atoms. The van der Waals surface area contributed by atoms with Crippen LogP contribution in [-0.4, -0.2) is 13.3 Å². The molecule has 0 N–H and O–H groups in total. The van der Waals surface area contributed by atoms with Crippen LogP contribution < -0.4 is 51.4 Å². The zero-order valence-corrected chi connectivity index (χ0v) is 10.4. The van der Waals surface area contributed by atoms with E-state index in [4.69, 9.17) is 13.3 Å². The predicted octanol–water partition coefficient (Wildman–Crippen LogP) is -4.00. The minimum atomic E-state index is -4.33. The van der Waals surface area contributed by atoms with E-state index in [9.17, 15) is 0 Å². The van der Waals surface area contributed by atoms with Crippen molar-refractivity contribution >= 4 is 20.2 Å². The van der Waals surface area contributed by atoms with E-state index in [2.05, 4.69) is 11.2 Å². The first kappa shape index (κ1) is 16.3. The Labute approximate surface area is 104 Å². The van der Waals surface area contributed by atoms with Crippen LogP contribution in [0.25, 0.3) is 0 Å². The monoisotopic (exact) mass is 346 g/mol. The average molecular weight is 346 g/mol. The van der Waals surface area contributed by atoms with Gasteiger partial charge in [0.15, 0.2) is 0 Å². The maximum Gasteiger partial charge on any atom is 2.00 e. The fourth-order valence-electron chi connectivity index (χ4n) is 0. The second-order valence-electron chi connectivity index (χ2n) is 0.408. The predicted molar refractivity (Wildman–Crippen MR) is 17.1 cm³/mol. The first-order valence-corrected chi connectivity index (χ1v) is 3.00. The third-order valence-electron chi connectivity index (χ3n) is 0. The van der Waals surface area contributed by atoms with Crippen molar-refractivity contribution in [2.75, 3.05) is 0 Å². The Morgan fingerprint density at radius 3 is 1.43 bits per heavy atom. The molecule has 40 valence electrons. The fourth-order valence-corrected chi connectivity index (χ4v) is 0. The molecule has 0 unspecified atom stereocenters. The van der Waals surface area contributed by atoms with Crippen LogP contribution in [0.15, 0.2) is 0 Å². The summed E-state index contributed by atoms with van der Waals surface area (Å²) in [7, 11) is -4.33. The molecule has 0 rings (SSSR count). The van der Waals surface area contributed by atoms with Crippen LogP contribution in [0, 0.1) is 0 Å². The normalized spacial score (nSPS) is 8.29. The molecule has 0 bridgehead atoms. The maximum atomic E-state index is 8.89. The van der Waals surface area contributed by atoms with Crippen molar-refractivity contribution in [2.24, 2.45) is 0 Å². The Hall–Kier alpha value is 2.61. The van der Waals surface area contributed by atoms with Crippen LogP contribution in [0.1, 0.15) is 0 Å². The Kier molecular flexibility index (Phi) is 15.7. The molecule has 0 heterocycles. The number of hydrogen-bond donors (Lipinski definition) is 0. The summed E-state index contributed by atoms with van der Waals surface area (Å²) in [5.74, 6) is 0. The van der Waals surface area contributed by atoms with Crippen LogP contribution >= 0.6 is 0 Å². The molecular weight excluding hydrogens is 346 g/mol. The van der Waals surface area contributed by atoms with Crippen LogP contribution in [0.5, 0.6) is 0 Å². The Morgan fingerprint density at radius 2 is 1.43 bits per heavy atom. The van der Waals surface area contributed by atoms with Gasteiger partial charge >= 0.3 is 72.4 Å². The molecule has 0 aromatic carbocycles. The van der Waals surface area contributed by atoms with Gasteiger partial charge in [0.05, 0.1) is 0 Å². The standard InChI is InChI=1S/K.H2O3S2.Pt/c;1-5(2,3)4;/h;(H2,1,2,3,4);/q+1;;+2/p-2. The van der Waals surface area contributed by atoms with E-state index in [1.165, 1.54) is 0 Å². The molecule has 0 fully saturated rings. The van der Waals surface area contributed by atoms with Crippen molar-refractivity contribution in [3.05, 3.63) is 0 Å². The summed E-state index contributed by atoms with van der Waals surface area (Å²) in [5.41, 5.74) is 0. The first-order valence-electron chi connectivity index (χ1n) is 0.667. The van der Waals surface area contributed by atoms with Gasteiger partial charge < -0.3 is 9.11 Å². The van der Waals surface area contributed by atoms with E-state index in [-0.39, 0.29) is 72.4 Å². The Bertz CT molecular complexity index is 96.1. The van der Waals surface area contributed by atoms with Crippen molar-refractivity contribution in [2.45, 2.75) is 0 Å². The molecule has 0 aliphatic rings. The molecule has 0 saturated heterocycles. The molecule has 3 nitrogen and oxygen atoms in total. The van der Waals surface area contributed by atoms with Gasteiger partial charge in [-0.15, -0.1) is 9.05 Å². The largest absolute Gasteiger partial charge is 2.00 e. The van der Waals surface area contributed by atoms with E-state index in [1.54, 1.807) is 0 Å². The molecule has 0 saturated carbocycles. The van der Waals surface area contributed by atoms with Crippen molar-refractivity contribution in [3.8, 4) is 0 Å². The molecule has 0 aromatic rings. The van der Waals surface area contributed by atoms with Crippen LogP contribution in [-0.2, 0) is 41.3 Å². The van der Waals surface area contributed by atoms with Crippen LogP contribution in [0.3, 0.4) is 0 Å². The van der Waals surface area contributed by atoms with Crippen LogP contribution in [0.4, 0.5) is 0 Å². The number of rotatable bonds is 0. The molecule has 0 aliphatic heterocycles. The topological polar surface area (TPSA) is 63.2 Å². The summed E-state index contributed by atoms with van der Waals surface area (Å²) < 4.78 is 26.7. The van der Waals surface area contributed by atoms with Gasteiger partial charge in [0.2, 0.25) is 0 Å². The van der Waals surface area contributed by atoms with Gasteiger partial charge in [-0.1, -0.05) is 0 Å². The zero-order valence-electron chi connectivity index (χ0n) is 3.36. The summed E-state index contributed by atoms with van der Waals surface area (Å²) in [6, 6.07) is 0. The molecule has 0 atom stereocenters. The minimum Gasteiger partial charge on any atom is -0.780 e. The van der Waals surface area contributed by atoms with Gasteiger partial charge in [0.1, 0.15) is 0 Å². The number of hydrogen-bond acceptors (Lipinski definition) is 4. The minimum absolute atomic E-state index is 0. The van der Waals surface area contributed by atoms with E-state index in [1.807, 2.05) is 0 Å². The third kappa shape index (κ3) is 55.1. The van der Waals surface area contributed by atoms with Gasteiger partial charge in [-0.25, -0.2) is 0 Å². The van der Waals surface area contributed by atoms with Crippen molar-refractivity contribution < 1.29 is 85.8 Å². The van der Waals surface area contributed by atoms with Gasteiger partial charge in [-0.2, -0.15) is 0 Å². The third-order valence-corrected chi connectivity index (χ3v) is 0. The molecule has 0 aliphatic carbocycles. The Morgan fingerprint density at radius 1 is 1.43 bits per heavy atom. The SMILES string of the molecule is O=S([O-])([O-])=S.[K+].[Pt+2]. The summed E-state index contributed by atoms with van der Waals surface area (Å²) in [4.78, 5) is 0. The molecule has 0 aromatic heterocycles. The second-order valence-corrected chi connectivity index (χ2v) is 2.45. The van der Waals surface area contributed by atoms with E-state index < -0.39 is 9.05 Å². The molecule has 0 radical (unpaired) electrons. The first-order chi connectivity index (χ1) is 2.00. The second kappa shape index (κ2) is 6.73. The van der Waals surface area contributed by atoms with E-state index in [0.29, 0.717) is 0 Å². The molecule has 7 heavy (non-hydrogen) atoms. The smallest absolute Gasteiger partial charge is 0.780 e. The van der Waals surface area contributed by atoms with Crippen LogP contribution in [0.2, 0.25) is 0 Å². The molecular formula is KO3PtS2+. The van der Waals surface area contributed by atoms with Gasteiger partial charge in [0.25, 0.3) is 0 Å². The van der Waals surface area contributed by atoms with Gasteiger partial charge in [-0.3, -0.25) is 4.21 Å². The van der Waals surface area contributed by atoms with Gasteiger partial charge in [-0.05, 0) is 11.2 Å². The van der Waals surface area contributed by atoms with Crippen molar-refractivity contribution in [1.29, 1.82) is 0 Å². The molecule has 7 heteroatoms. The summed E-state index contributed by atoms with van der Waals surface area (Å²) >= 11 is 3.24. The average Bonchev–Trinajstić information content (AvgIpc) is 0.722. The summed E-state index contributed by atoms with van der Waals surface area (Å²) in [6.07, 6.45) is 0. The van der Waals surface area contributed by atoms with Crippen molar-refractivity contribution in [3.63, 3.8) is 0 Å². The Balaban J connectivity index is -0.0000000800. The zero-order chi connectivity index (χ0) is 4.50. The summed E-state index contributed by atoms with van der Waals surface area (Å²) in [6.45, 7) is 0. The summed E-state index contributed by atoms with van der Waals surface area (Å²) in [5, 5.41) is 0.